The van der Waals surface area contributed by atoms with Crippen LogP contribution in [0.15, 0.2) is 12.2 Å². The number of carbonyl (C=O) groups excluding carboxylic acids is 1. The third-order valence-electron chi connectivity index (χ3n) is 1.80. The molecule has 0 bridgehead atoms. The van der Waals surface area contributed by atoms with Crippen molar-refractivity contribution in [3.8, 4) is 0 Å². The number of ketones is 1. The standard InChI is InChI=1S/C11H20O/c1-4-5-6-7-8-10(2)9-11(3)12/h7-8,10H,4-6,9H2,1-3H3. The van der Waals surface area contributed by atoms with Crippen LogP contribution in [0.1, 0.15) is 46.5 Å². The summed E-state index contributed by atoms with van der Waals surface area (Å²) in [6, 6.07) is 0. The van der Waals surface area contributed by atoms with E-state index < -0.39 is 0 Å². The Bertz CT molecular complexity index is 147. The molecule has 0 heterocycles. The van der Waals surface area contributed by atoms with Crippen molar-refractivity contribution in [1.29, 1.82) is 0 Å². The summed E-state index contributed by atoms with van der Waals surface area (Å²) in [5.74, 6) is 0.696. The highest BCUT2D eigenvalue weighted by Crippen LogP contribution is 2.05. The van der Waals surface area contributed by atoms with Gasteiger partial charge in [0.1, 0.15) is 5.78 Å². The lowest BCUT2D eigenvalue weighted by Gasteiger charge is -2.01. The van der Waals surface area contributed by atoms with E-state index in [1.165, 1.54) is 12.8 Å². The molecule has 0 N–H and O–H groups in total. The molecule has 0 spiro atoms. The molecule has 1 atom stereocenters. The second-order valence-electron chi connectivity index (χ2n) is 3.45. The van der Waals surface area contributed by atoms with Crippen LogP contribution in [-0.4, -0.2) is 5.78 Å². The third kappa shape index (κ3) is 7.52. The normalized spacial score (nSPS) is 13.6. The summed E-state index contributed by atoms with van der Waals surface area (Å²) < 4.78 is 0. The summed E-state index contributed by atoms with van der Waals surface area (Å²) in [7, 11) is 0. The number of unbranched alkanes of at least 4 members (excludes halogenated alkanes) is 2. The Morgan fingerprint density at radius 2 is 2.17 bits per heavy atom. The van der Waals surface area contributed by atoms with Crippen LogP contribution in [0.5, 0.6) is 0 Å². The smallest absolute Gasteiger partial charge is 0.130 e. The molecule has 0 aromatic rings. The Kier molecular flexibility index (Phi) is 6.73. The van der Waals surface area contributed by atoms with Gasteiger partial charge in [-0.2, -0.15) is 0 Å². The van der Waals surface area contributed by atoms with E-state index in [9.17, 15) is 4.79 Å². The number of rotatable bonds is 6. The summed E-state index contributed by atoms with van der Waals surface area (Å²) >= 11 is 0. The first-order valence-corrected chi connectivity index (χ1v) is 4.83. The van der Waals surface area contributed by atoms with Gasteiger partial charge in [-0.15, -0.1) is 0 Å². The van der Waals surface area contributed by atoms with Crippen LogP contribution in [-0.2, 0) is 4.79 Å². The van der Waals surface area contributed by atoms with Gasteiger partial charge in [0, 0.05) is 6.42 Å². The van der Waals surface area contributed by atoms with Crippen molar-refractivity contribution < 1.29 is 4.79 Å². The molecule has 0 aromatic heterocycles. The van der Waals surface area contributed by atoms with Gasteiger partial charge in [0.25, 0.3) is 0 Å². The largest absolute Gasteiger partial charge is 0.300 e. The highest BCUT2D eigenvalue weighted by molar-refractivity contribution is 5.75. The van der Waals surface area contributed by atoms with Crippen molar-refractivity contribution in [2.24, 2.45) is 5.92 Å². The minimum absolute atomic E-state index is 0.280. The monoisotopic (exact) mass is 168 g/mol. The van der Waals surface area contributed by atoms with Crippen LogP contribution in [0.25, 0.3) is 0 Å². The van der Waals surface area contributed by atoms with E-state index in [1.54, 1.807) is 6.92 Å². The number of hydrogen-bond acceptors (Lipinski definition) is 1. The quantitative estimate of drug-likeness (QED) is 0.439. The second-order valence-corrected chi connectivity index (χ2v) is 3.45. The predicted molar refractivity (Wildman–Crippen MR) is 53.1 cm³/mol. The average molecular weight is 168 g/mol. The van der Waals surface area contributed by atoms with Gasteiger partial charge in [-0.3, -0.25) is 0 Å². The molecule has 0 amide bonds. The molecule has 0 aliphatic rings. The molecule has 0 aliphatic heterocycles. The van der Waals surface area contributed by atoms with Gasteiger partial charge >= 0.3 is 0 Å². The minimum atomic E-state index is 0.280. The first-order valence-electron chi connectivity index (χ1n) is 4.83. The third-order valence-corrected chi connectivity index (χ3v) is 1.80. The first kappa shape index (κ1) is 11.4. The number of Topliss-reactive ketones (excluding diaryl/α,β-unsaturated/α-hetero) is 1. The maximum absolute atomic E-state index is 10.7. The van der Waals surface area contributed by atoms with Crippen LogP contribution >= 0.6 is 0 Å². The summed E-state index contributed by atoms with van der Waals surface area (Å²) in [6.07, 6.45) is 8.67. The summed E-state index contributed by atoms with van der Waals surface area (Å²) in [5, 5.41) is 0. The van der Waals surface area contributed by atoms with E-state index in [4.69, 9.17) is 0 Å². The molecule has 0 radical (unpaired) electrons. The van der Waals surface area contributed by atoms with Crippen LogP contribution in [0.4, 0.5) is 0 Å². The molecule has 0 saturated carbocycles. The molecule has 0 aliphatic carbocycles. The molecule has 0 rings (SSSR count). The Balaban J connectivity index is 3.46. The van der Waals surface area contributed by atoms with Crippen molar-refractivity contribution in [3.63, 3.8) is 0 Å². The first-order chi connectivity index (χ1) is 5.66. The zero-order valence-corrected chi connectivity index (χ0v) is 8.47. The Hall–Kier alpha value is -0.590. The maximum atomic E-state index is 10.7. The maximum Gasteiger partial charge on any atom is 0.130 e. The van der Waals surface area contributed by atoms with Gasteiger partial charge in [0.2, 0.25) is 0 Å². The van der Waals surface area contributed by atoms with Crippen molar-refractivity contribution in [2.45, 2.75) is 46.5 Å². The second kappa shape index (κ2) is 7.08. The Morgan fingerprint density at radius 3 is 2.67 bits per heavy atom. The lowest BCUT2D eigenvalue weighted by molar-refractivity contribution is -0.117. The molecule has 0 aromatic carbocycles. The molecule has 0 fully saturated rings. The van der Waals surface area contributed by atoms with Gasteiger partial charge in [-0.05, 0) is 19.3 Å². The predicted octanol–water partition coefficient (Wildman–Crippen LogP) is 3.35. The van der Waals surface area contributed by atoms with Crippen molar-refractivity contribution in [3.05, 3.63) is 12.2 Å². The lowest BCUT2D eigenvalue weighted by atomic mass is 10.0. The molecular formula is C11H20O. The topological polar surface area (TPSA) is 17.1 Å². The summed E-state index contributed by atoms with van der Waals surface area (Å²) in [5.41, 5.74) is 0. The van der Waals surface area contributed by atoms with E-state index >= 15 is 0 Å². The highest BCUT2D eigenvalue weighted by atomic mass is 16.1. The number of allylic oxidation sites excluding steroid dienone is 2. The van der Waals surface area contributed by atoms with Gasteiger partial charge in [0.05, 0.1) is 0 Å². The highest BCUT2D eigenvalue weighted by Gasteiger charge is 1.99. The van der Waals surface area contributed by atoms with Crippen LogP contribution in [0, 0.1) is 5.92 Å². The lowest BCUT2D eigenvalue weighted by Crippen LogP contribution is -1.97. The van der Waals surface area contributed by atoms with Crippen molar-refractivity contribution in [1.82, 2.24) is 0 Å². The van der Waals surface area contributed by atoms with E-state index in [0.29, 0.717) is 12.3 Å². The molecule has 1 unspecified atom stereocenters. The summed E-state index contributed by atoms with van der Waals surface area (Å²) in [6.45, 7) is 5.92. The minimum Gasteiger partial charge on any atom is -0.300 e. The fourth-order valence-corrected chi connectivity index (χ4v) is 1.17. The van der Waals surface area contributed by atoms with E-state index in [-0.39, 0.29) is 5.78 Å². The van der Waals surface area contributed by atoms with Gasteiger partial charge in [0.15, 0.2) is 0 Å². The van der Waals surface area contributed by atoms with E-state index in [0.717, 1.165) is 6.42 Å². The fourth-order valence-electron chi connectivity index (χ4n) is 1.17. The van der Waals surface area contributed by atoms with Crippen molar-refractivity contribution >= 4 is 5.78 Å². The molecule has 0 saturated heterocycles. The van der Waals surface area contributed by atoms with E-state index in [1.807, 2.05) is 0 Å². The average Bonchev–Trinajstić information content (AvgIpc) is 1.97. The van der Waals surface area contributed by atoms with E-state index in [2.05, 4.69) is 26.0 Å². The van der Waals surface area contributed by atoms with Crippen LogP contribution in [0.3, 0.4) is 0 Å². The number of hydrogen-bond donors (Lipinski definition) is 0. The SMILES string of the molecule is CCCCC=CC(C)CC(C)=O. The van der Waals surface area contributed by atoms with Crippen LogP contribution in [0.2, 0.25) is 0 Å². The van der Waals surface area contributed by atoms with Crippen molar-refractivity contribution in [2.75, 3.05) is 0 Å². The molecule has 1 heteroatoms. The fraction of sp³-hybridized carbons (Fsp3) is 0.727. The molecular weight excluding hydrogens is 148 g/mol. The van der Waals surface area contributed by atoms with Crippen LogP contribution < -0.4 is 0 Å². The zero-order chi connectivity index (χ0) is 9.40. The summed E-state index contributed by atoms with van der Waals surface area (Å²) in [4.78, 5) is 10.7. The Morgan fingerprint density at radius 1 is 1.50 bits per heavy atom. The van der Waals surface area contributed by atoms with Gasteiger partial charge < -0.3 is 4.79 Å². The number of carbonyl (C=O) groups is 1. The molecule has 70 valence electrons. The van der Waals surface area contributed by atoms with Gasteiger partial charge in [-0.25, -0.2) is 0 Å². The zero-order valence-electron chi connectivity index (χ0n) is 8.47. The van der Waals surface area contributed by atoms with Gasteiger partial charge in [-0.1, -0.05) is 38.8 Å². The Labute approximate surface area is 75.9 Å². The molecule has 1 nitrogen and oxygen atoms in total. The molecule has 12 heavy (non-hydrogen) atoms.